The van der Waals surface area contributed by atoms with Crippen LogP contribution >= 0.6 is 24.0 Å². The minimum Gasteiger partial charge on any atom is -0.484 e. The zero-order chi connectivity index (χ0) is 18.1. The number of hydrogen-bond donors (Lipinski definition) is 2. The molecule has 6 nitrogen and oxygen atoms in total. The van der Waals surface area contributed by atoms with Crippen LogP contribution in [0.1, 0.15) is 5.56 Å². The molecule has 1 aromatic carbocycles. The molecule has 10 heteroatoms. The monoisotopic (exact) mass is 483 g/mol. The van der Waals surface area contributed by atoms with Crippen LogP contribution < -0.4 is 15.4 Å². The Balaban J connectivity index is 0.00000338. The number of guanidine groups is 1. The summed E-state index contributed by atoms with van der Waals surface area (Å²) in [5.41, 5.74) is 0.900. The number of benzene rings is 1. The lowest BCUT2D eigenvalue weighted by Gasteiger charge is -2.13. The van der Waals surface area contributed by atoms with Crippen LogP contribution in [0.15, 0.2) is 48.0 Å². The van der Waals surface area contributed by atoms with Gasteiger partial charge in [0.2, 0.25) is 0 Å². The molecule has 0 amide bonds. The van der Waals surface area contributed by atoms with Gasteiger partial charge in [-0.3, -0.25) is 4.99 Å². The molecule has 1 heterocycles. The third-order valence-electron chi connectivity index (χ3n) is 3.23. The molecule has 2 N–H and O–H groups in total. The Kier molecular flexibility index (Phi) is 9.24. The largest absolute Gasteiger partial charge is 0.484 e. The van der Waals surface area contributed by atoms with E-state index < -0.39 is 12.8 Å². The fourth-order valence-electron chi connectivity index (χ4n) is 2.00. The van der Waals surface area contributed by atoms with Crippen LogP contribution in [0.4, 0.5) is 13.2 Å². The van der Waals surface area contributed by atoms with Crippen molar-refractivity contribution in [3.8, 4) is 5.75 Å². The molecule has 0 spiro atoms. The van der Waals surface area contributed by atoms with E-state index >= 15 is 0 Å². The van der Waals surface area contributed by atoms with E-state index in [0.29, 0.717) is 19.0 Å². The lowest BCUT2D eigenvalue weighted by Crippen LogP contribution is -2.38. The van der Waals surface area contributed by atoms with Gasteiger partial charge in [-0.15, -0.1) is 24.0 Å². The maximum absolute atomic E-state index is 12.1. The number of aliphatic imine (C=N–C) groups is 1. The highest BCUT2D eigenvalue weighted by Crippen LogP contribution is 2.18. The molecule has 0 saturated heterocycles. The smallest absolute Gasteiger partial charge is 0.422 e. The predicted molar refractivity (Wildman–Crippen MR) is 104 cm³/mol. The van der Waals surface area contributed by atoms with Crippen LogP contribution in [0.2, 0.25) is 0 Å². The summed E-state index contributed by atoms with van der Waals surface area (Å²) in [7, 11) is 1.67. The summed E-state index contributed by atoms with van der Waals surface area (Å²) in [6.07, 6.45) is 0.991. The van der Waals surface area contributed by atoms with Gasteiger partial charge in [-0.25, -0.2) is 4.98 Å². The molecule has 2 rings (SSSR count). The Hall–Kier alpha value is -1.98. The molecular formula is C16H21F3IN5O. The van der Waals surface area contributed by atoms with Crippen LogP contribution in [-0.2, 0) is 13.1 Å². The van der Waals surface area contributed by atoms with E-state index in [2.05, 4.69) is 25.3 Å². The van der Waals surface area contributed by atoms with Crippen LogP contribution in [0, 0.1) is 0 Å². The molecule has 0 aliphatic rings. The minimum atomic E-state index is -4.34. The molecule has 2 aromatic rings. The van der Waals surface area contributed by atoms with Crippen molar-refractivity contribution in [2.24, 2.45) is 4.99 Å². The summed E-state index contributed by atoms with van der Waals surface area (Å²) < 4.78 is 42.9. The topological polar surface area (TPSA) is 63.5 Å². The number of nitrogens with zero attached hydrogens (tertiary/aromatic N) is 3. The fraction of sp³-hybridized carbons (Fsp3) is 0.375. The van der Waals surface area contributed by atoms with Gasteiger partial charge < -0.3 is 19.9 Å². The number of hydrogen-bond acceptors (Lipinski definition) is 3. The lowest BCUT2D eigenvalue weighted by atomic mass is 10.2. The summed E-state index contributed by atoms with van der Waals surface area (Å²) in [4.78, 5) is 8.08. The first kappa shape index (κ1) is 22.1. The summed E-state index contributed by atoms with van der Waals surface area (Å²) in [5.74, 6) is 0.821. The van der Waals surface area contributed by atoms with Gasteiger partial charge in [0, 0.05) is 39.1 Å². The third kappa shape index (κ3) is 8.41. The van der Waals surface area contributed by atoms with Gasteiger partial charge in [-0.1, -0.05) is 12.1 Å². The fourth-order valence-corrected chi connectivity index (χ4v) is 2.00. The maximum atomic E-state index is 12.1. The second kappa shape index (κ2) is 10.9. The standard InChI is InChI=1S/C16H20F3N5O.HI/c1-20-15(22-7-9-24-8-6-21-12-24)23-10-13-2-4-14(5-3-13)25-11-16(17,18)19;/h2-6,8,12H,7,9-11H2,1H3,(H2,20,22,23);1H. The number of alkyl halides is 3. The van der Waals surface area contributed by atoms with E-state index in [9.17, 15) is 13.2 Å². The molecule has 144 valence electrons. The second-order valence-electron chi connectivity index (χ2n) is 5.20. The van der Waals surface area contributed by atoms with E-state index in [0.717, 1.165) is 12.1 Å². The predicted octanol–water partition coefficient (Wildman–Crippen LogP) is 2.81. The molecular weight excluding hydrogens is 462 g/mol. The highest BCUT2D eigenvalue weighted by molar-refractivity contribution is 14.0. The van der Waals surface area contributed by atoms with Gasteiger partial charge in [0.25, 0.3) is 0 Å². The number of nitrogens with one attached hydrogen (secondary N) is 2. The molecule has 0 aliphatic heterocycles. The quantitative estimate of drug-likeness (QED) is 0.362. The molecule has 26 heavy (non-hydrogen) atoms. The average molecular weight is 483 g/mol. The van der Waals surface area contributed by atoms with Crippen LogP contribution in [0.5, 0.6) is 5.75 Å². The Morgan fingerprint density at radius 2 is 1.96 bits per heavy atom. The van der Waals surface area contributed by atoms with Crippen molar-refractivity contribution < 1.29 is 17.9 Å². The Morgan fingerprint density at radius 3 is 2.54 bits per heavy atom. The first-order valence-corrected chi connectivity index (χ1v) is 7.65. The number of ether oxygens (including phenoxy) is 1. The molecule has 1 aromatic heterocycles. The summed E-state index contributed by atoms with van der Waals surface area (Å²) in [6, 6.07) is 6.44. The molecule has 0 saturated carbocycles. The van der Waals surface area contributed by atoms with Crippen LogP contribution in [-0.4, -0.2) is 41.9 Å². The summed E-state index contributed by atoms with van der Waals surface area (Å²) >= 11 is 0. The lowest BCUT2D eigenvalue weighted by molar-refractivity contribution is -0.153. The van der Waals surface area contributed by atoms with E-state index in [-0.39, 0.29) is 29.7 Å². The second-order valence-corrected chi connectivity index (χ2v) is 5.20. The summed E-state index contributed by atoms with van der Waals surface area (Å²) in [5, 5.41) is 6.30. The first-order valence-electron chi connectivity index (χ1n) is 7.65. The van der Waals surface area contributed by atoms with Gasteiger partial charge in [-0.2, -0.15) is 13.2 Å². The third-order valence-corrected chi connectivity index (χ3v) is 3.23. The first-order chi connectivity index (χ1) is 12.0. The normalized spacial score (nSPS) is 11.6. The van der Waals surface area contributed by atoms with Gasteiger partial charge in [0.1, 0.15) is 5.75 Å². The van der Waals surface area contributed by atoms with E-state index in [1.165, 1.54) is 12.1 Å². The number of halogens is 4. The zero-order valence-corrected chi connectivity index (χ0v) is 16.5. The Morgan fingerprint density at radius 1 is 1.23 bits per heavy atom. The van der Waals surface area contributed by atoms with Crippen molar-refractivity contribution in [1.82, 2.24) is 20.2 Å². The summed E-state index contributed by atoms with van der Waals surface area (Å²) in [6.45, 7) is 0.633. The van der Waals surface area contributed by atoms with Crippen molar-refractivity contribution in [3.63, 3.8) is 0 Å². The zero-order valence-electron chi connectivity index (χ0n) is 14.2. The van der Waals surface area contributed by atoms with Crippen LogP contribution in [0.25, 0.3) is 0 Å². The maximum Gasteiger partial charge on any atom is 0.422 e. The number of rotatable bonds is 7. The minimum absolute atomic E-state index is 0. The molecule has 0 fully saturated rings. The van der Waals surface area contributed by atoms with Crippen LogP contribution in [0.3, 0.4) is 0 Å². The molecule has 0 radical (unpaired) electrons. The van der Waals surface area contributed by atoms with Gasteiger partial charge >= 0.3 is 6.18 Å². The van der Waals surface area contributed by atoms with Gasteiger partial charge in [-0.05, 0) is 17.7 Å². The average Bonchev–Trinajstić information content (AvgIpc) is 3.10. The van der Waals surface area contributed by atoms with Crippen molar-refractivity contribution in [1.29, 1.82) is 0 Å². The molecule has 0 unspecified atom stereocenters. The number of aromatic nitrogens is 2. The highest BCUT2D eigenvalue weighted by Gasteiger charge is 2.28. The highest BCUT2D eigenvalue weighted by atomic mass is 127. The SMILES string of the molecule is CN=C(NCCn1ccnc1)NCc1ccc(OCC(F)(F)F)cc1.I. The molecule has 0 bridgehead atoms. The van der Waals surface area contributed by atoms with Crippen molar-refractivity contribution in [2.45, 2.75) is 19.3 Å². The van der Waals surface area contributed by atoms with Gasteiger partial charge in [0.05, 0.1) is 6.33 Å². The molecule has 0 atom stereocenters. The van der Waals surface area contributed by atoms with E-state index in [4.69, 9.17) is 0 Å². The van der Waals surface area contributed by atoms with Crippen molar-refractivity contribution in [2.75, 3.05) is 20.2 Å². The Bertz CT molecular complexity index is 660. The Labute approximate surface area is 166 Å². The van der Waals surface area contributed by atoms with E-state index in [1.807, 2.05) is 10.8 Å². The van der Waals surface area contributed by atoms with Gasteiger partial charge in [0.15, 0.2) is 12.6 Å². The number of imidazole rings is 1. The van der Waals surface area contributed by atoms with Crippen molar-refractivity contribution in [3.05, 3.63) is 48.5 Å². The molecule has 0 aliphatic carbocycles. The van der Waals surface area contributed by atoms with Crippen molar-refractivity contribution >= 4 is 29.9 Å². The van der Waals surface area contributed by atoms with E-state index in [1.54, 1.807) is 31.7 Å².